The van der Waals surface area contributed by atoms with E-state index >= 15 is 0 Å². The number of nitrogens with one attached hydrogen (secondary N) is 2. The number of nitrogen functional groups attached to an aromatic ring is 1. The lowest BCUT2D eigenvalue weighted by atomic mass is 10.0. The molecule has 1 atom stereocenters. The maximum atomic E-state index is 13.3. The molecule has 1 aliphatic carbocycles. The van der Waals surface area contributed by atoms with Gasteiger partial charge in [-0.2, -0.15) is 9.97 Å². The number of rotatable bonds is 4. The molecule has 5 rings (SSSR count). The lowest BCUT2D eigenvalue weighted by Crippen LogP contribution is -2.26. The van der Waals surface area contributed by atoms with E-state index in [9.17, 15) is 4.79 Å². The highest BCUT2D eigenvalue weighted by molar-refractivity contribution is 5.86. The minimum atomic E-state index is -0.154. The van der Waals surface area contributed by atoms with Crippen molar-refractivity contribution in [3.05, 3.63) is 52.2 Å². The number of H-pyrrole nitrogens is 1. The Hall–Kier alpha value is -3.42. The molecule has 4 aromatic rings. The van der Waals surface area contributed by atoms with Crippen LogP contribution in [0.1, 0.15) is 43.1 Å². The van der Waals surface area contributed by atoms with E-state index in [1.165, 1.54) is 0 Å². The Morgan fingerprint density at radius 1 is 1.32 bits per heavy atom. The Labute approximate surface area is 160 Å². The molecule has 0 bridgehead atoms. The van der Waals surface area contributed by atoms with Crippen molar-refractivity contribution in [2.75, 3.05) is 11.1 Å². The molecule has 3 aromatic heterocycles. The lowest BCUT2D eigenvalue weighted by Gasteiger charge is -2.21. The van der Waals surface area contributed by atoms with Gasteiger partial charge in [0.2, 0.25) is 5.95 Å². The maximum absolute atomic E-state index is 13.3. The van der Waals surface area contributed by atoms with Crippen molar-refractivity contribution >= 4 is 33.7 Å². The van der Waals surface area contributed by atoms with Crippen molar-refractivity contribution in [1.29, 1.82) is 0 Å². The molecule has 0 aliphatic heterocycles. The third-order valence-electron chi connectivity index (χ3n) is 5.33. The molecular weight excluding hydrogens is 354 g/mol. The van der Waals surface area contributed by atoms with Gasteiger partial charge < -0.3 is 20.6 Å². The average molecular weight is 375 g/mol. The van der Waals surface area contributed by atoms with Crippen LogP contribution in [0.4, 0.5) is 11.8 Å². The van der Waals surface area contributed by atoms with Gasteiger partial charge >= 0.3 is 0 Å². The summed E-state index contributed by atoms with van der Waals surface area (Å²) in [5.74, 6) is 0.731. The molecule has 0 saturated heterocycles. The number of nitrogens with zero attached hydrogens (tertiary/aromatic N) is 4. The minimum Gasteiger partial charge on any atom is -0.368 e. The lowest BCUT2D eigenvalue weighted by molar-refractivity contribution is 0.636. The molecule has 4 N–H and O–H groups in total. The monoisotopic (exact) mass is 375 g/mol. The molecule has 3 heterocycles. The molecular formula is C20H21N7O. The molecule has 28 heavy (non-hydrogen) atoms. The number of anilines is 2. The number of benzene rings is 1. The van der Waals surface area contributed by atoms with Gasteiger partial charge in [0.05, 0.1) is 17.8 Å². The molecule has 0 radical (unpaired) electrons. The summed E-state index contributed by atoms with van der Waals surface area (Å²) in [4.78, 5) is 29.0. The number of aromatic nitrogens is 5. The van der Waals surface area contributed by atoms with E-state index in [0.29, 0.717) is 17.0 Å². The molecule has 0 amide bonds. The van der Waals surface area contributed by atoms with Crippen LogP contribution < -0.4 is 16.6 Å². The zero-order valence-electron chi connectivity index (χ0n) is 15.7. The average Bonchev–Trinajstić information content (AvgIpc) is 3.38. The highest BCUT2D eigenvalue weighted by Crippen LogP contribution is 2.37. The fourth-order valence-corrected chi connectivity index (χ4v) is 3.85. The third kappa shape index (κ3) is 2.60. The number of fused-ring (bicyclic) bond motifs is 2. The number of aryl methyl sites for hydroxylation is 1. The number of pyridine rings is 1. The Bertz CT molecular complexity index is 1270. The molecule has 0 spiro atoms. The molecule has 8 heteroatoms. The van der Waals surface area contributed by atoms with Gasteiger partial charge in [-0.3, -0.25) is 4.79 Å². The standard InChI is InChI=1S/C20H21N7O/c1-10-4-3-5-12-8-14(27(13-6-7-13)19(28)15(10)12)11(2)24-18-16-17(23-9-22-16)25-20(21)26-18/h3-5,8-9,11,13H,6-7H2,1-2H3,(H4,21,22,23,24,25,26). The van der Waals surface area contributed by atoms with Gasteiger partial charge in [-0.1, -0.05) is 18.2 Å². The van der Waals surface area contributed by atoms with Crippen molar-refractivity contribution in [3.8, 4) is 0 Å². The molecule has 1 saturated carbocycles. The molecule has 1 fully saturated rings. The first-order chi connectivity index (χ1) is 13.5. The maximum Gasteiger partial charge on any atom is 0.259 e. The van der Waals surface area contributed by atoms with Crippen molar-refractivity contribution in [3.63, 3.8) is 0 Å². The van der Waals surface area contributed by atoms with Crippen LogP contribution in [0.15, 0.2) is 35.4 Å². The fourth-order valence-electron chi connectivity index (χ4n) is 3.85. The summed E-state index contributed by atoms with van der Waals surface area (Å²) < 4.78 is 1.95. The zero-order chi connectivity index (χ0) is 19.4. The van der Waals surface area contributed by atoms with Gasteiger partial charge in [0, 0.05) is 11.7 Å². The van der Waals surface area contributed by atoms with Crippen LogP contribution in [0.25, 0.3) is 21.9 Å². The van der Waals surface area contributed by atoms with Crippen LogP contribution in [0.2, 0.25) is 0 Å². The van der Waals surface area contributed by atoms with Crippen molar-refractivity contribution in [2.24, 2.45) is 0 Å². The normalized spacial score (nSPS) is 15.2. The smallest absolute Gasteiger partial charge is 0.259 e. The van der Waals surface area contributed by atoms with E-state index in [2.05, 4.69) is 31.3 Å². The Morgan fingerprint density at radius 3 is 2.93 bits per heavy atom. The summed E-state index contributed by atoms with van der Waals surface area (Å²) in [6.07, 6.45) is 3.62. The van der Waals surface area contributed by atoms with E-state index in [4.69, 9.17) is 5.73 Å². The van der Waals surface area contributed by atoms with Crippen LogP contribution in [-0.4, -0.2) is 24.5 Å². The van der Waals surface area contributed by atoms with Gasteiger partial charge in [0.25, 0.3) is 5.56 Å². The van der Waals surface area contributed by atoms with Gasteiger partial charge in [-0.05, 0) is 43.7 Å². The number of aromatic amines is 1. The second-order valence-corrected chi connectivity index (χ2v) is 7.41. The van der Waals surface area contributed by atoms with Crippen LogP contribution in [0, 0.1) is 6.92 Å². The fraction of sp³-hybridized carbons (Fsp3) is 0.300. The summed E-state index contributed by atoms with van der Waals surface area (Å²) in [5.41, 5.74) is 9.06. The van der Waals surface area contributed by atoms with Crippen molar-refractivity contribution in [1.82, 2.24) is 24.5 Å². The van der Waals surface area contributed by atoms with Crippen LogP contribution in [0.3, 0.4) is 0 Å². The van der Waals surface area contributed by atoms with Crippen LogP contribution in [0.5, 0.6) is 0 Å². The van der Waals surface area contributed by atoms with Gasteiger partial charge in [0.15, 0.2) is 11.5 Å². The van der Waals surface area contributed by atoms with Crippen molar-refractivity contribution < 1.29 is 0 Å². The predicted molar refractivity (Wildman–Crippen MR) is 109 cm³/mol. The summed E-state index contributed by atoms with van der Waals surface area (Å²) in [7, 11) is 0. The predicted octanol–water partition coefficient (Wildman–Crippen LogP) is 3.07. The topological polar surface area (TPSA) is 115 Å². The number of nitrogens with two attached hydrogens (primary N) is 1. The van der Waals surface area contributed by atoms with E-state index in [-0.39, 0.29) is 23.6 Å². The Balaban J connectivity index is 1.65. The van der Waals surface area contributed by atoms with Crippen molar-refractivity contribution in [2.45, 2.75) is 38.8 Å². The molecule has 1 aliphatic rings. The highest BCUT2D eigenvalue weighted by atomic mass is 16.1. The summed E-state index contributed by atoms with van der Waals surface area (Å²) in [6.45, 7) is 4.01. The molecule has 1 unspecified atom stereocenters. The summed E-state index contributed by atoms with van der Waals surface area (Å²) in [6, 6.07) is 8.18. The first kappa shape index (κ1) is 16.7. The second kappa shape index (κ2) is 6.05. The van der Waals surface area contributed by atoms with Crippen LogP contribution in [-0.2, 0) is 0 Å². The summed E-state index contributed by atoms with van der Waals surface area (Å²) in [5, 5.41) is 5.15. The van der Waals surface area contributed by atoms with Gasteiger partial charge in [-0.25, -0.2) is 4.98 Å². The SMILES string of the molecule is Cc1cccc2cc(C(C)Nc3nc(N)nc4nc[nH]c34)n(C3CC3)c(=O)c12. The number of imidazole rings is 1. The number of hydrogen-bond donors (Lipinski definition) is 3. The summed E-state index contributed by atoms with van der Waals surface area (Å²) >= 11 is 0. The first-order valence-corrected chi connectivity index (χ1v) is 9.41. The number of hydrogen-bond acceptors (Lipinski definition) is 6. The van der Waals surface area contributed by atoms with Gasteiger partial charge in [0.1, 0.15) is 5.52 Å². The molecule has 1 aromatic carbocycles. The van der Waals surface area contributed by atoms with E-state index in [0.717, 1.165) is 34.9 Å². The van der Waals surface area contributed by atoms with Crippen LogP contribution >= 0.6 is 0 Å². The third-order valence-corrected chi connectivity index (χ3v) is 5.33. The van der Waals surface area contributed by atoms with E-state index in [1.54, 1.807) is 6.33 Å². The second-order valence-electron chi connectivity index (χ2n) is 7.41. The molecule has 8 nitrogen and oxygen atoms in total. The minimum absolute atomic E-state index is 0.0793. The Morgan fingerprint density at radius 2 is 2.14 bits per heavy atom. The zero-order valence-corrected chi connectivity index (χ0v) is 15.7. The van der Waals surface area contributed by atoms with Gasteiger partial charge in [-0.15, -0.1) is 0 Å². The quantitative estimate of drug-likeness (QED) is 0.505. The van der Waals surface area contributed by atoms with E-state index < -0.39 is 0 Å². The highest BCUT2D eigenvalue weighted by Gasteiger charge is 2.29. The molecule has 142 valence electrons. The van der Waals surface area contributed by atoms with E-state index in [1.807, 2.05) is 36.6 Å². The Kier molecular flexibility index (Phi) is 3.61. The first-order valence-electron chi connectivity index (χ1n) is 9.41. The largest absolute Gasteiger partial charge is 0.368 e.